The lowest BCUT2D eigenvalue weighted by Crippen LogP contribution is -2.48. The highest BCUT2D eigenvalue weighted by Gasteiger charge is 2.40. The van der Waals surface area contributed by atoms with Gasteiger partial charge in [-0.15, -0.1) is 0 Å². The Bertz CT molecular complexity index is 947. The van der Waals surface area contributed by atoms with Crippen LogP contribution in [-0.4, -0.2) is 42.7 Å². The maximum atomic E-state index is 12.9. The minimum atomic E-state index is -4.51. The molecule has 2 aromatic rings. The number of hydrogen-bond acceptors (Lipinski definition) is 5. The molecule has 4 rings (SSSR count). The first-order chi connectivity index (χ1) is 13.7. The Labute approximate surface area is 171 Å². The van der Waals surface area contributed by atoms with Crippen LogP contribution >= 0.6 is 11.6 Å². The van der Waals surface area contributed by atoms with Crippen molar-refractivity contribution in [3.8, 4) is 11.3 Å². The van der Waals surface area contributed by atoms with Crippen molar-refractivity contribution in [2.75, 3.05) is 23.0 Å². The van der Waals surface area contributed by atoms with E-state index in [0.717, 1.165) is 29.9 Å². The standard InChI is InChI=1S/C20H19ClF3N3O2/c1-11(2)27-16-4-3-12(19-15(21)6-13(7-25-19)20(22,23)24)5-17(16)26(18(27)9-28)8-14-10-29-14/h3-7,9,11,14,18H,8,10H2,1-2H3. The number of nitrogens with zero attached hydrogens (tertiary/aromatic N) is 3. The zero-order valence-corrected chi connectivity index (χ0v) is 16.5. The van der Waals surface area contributed by atoms with E-state index >= 15 is 0 Å². The van der Waals surface area contributed by atoms with Crippen molar-refractivity contribution in [2.45, 2.75) is 38.3 Å². The Kier molecular flexibility index (Phi) is 4.94. The Morgan fingerprint density at radius 2 is 2.03 bits per heavy atom. The van der Waals surface area contributed by atoms with Crippen LogP contribution in [0.4, 0.5) is 24.5 Å². The zero-order valence-electron chi connectivity index (χ0n) is 15.8. The Balaban J connectivity index is 1.77. The molecule has 1 aromatic heterocycles. The first kappa shape index (κ1) is 20.0. The quantitative estimate of drug-likeness (QED) is 0.525. The number of fused-ring (bicyclic) bond motifs is 1. The molecule has 9 heteroatoms. The molecule has 1 aromatic carbocycles. The van der Waals surface area contributed by atoms with E-state index in [2.05, 4.69) is 4.98 Å². The van der Waals surface area contributed by atoms with E-state index < -0.39 is 17.9 Å². The third-order valence-corrected chi connectivity index (χ3v) is 5.38. The van der Waals surface area contributed by atoms with Crippen LogP contribution in [0.25, 0.3) is 11.3 Å². The largest absolute Gasteiger partial charge is 0.417 e. The van der Waals surface area contributed by atoms with Crippen molar-refractivity contribution in [1.29, 1.82) is 0 Å². The summed E-state index contributed by atoms with van der Waals surface area (Å²) in [5.41, 5.74) is 1.63. The maximum Gasteiger partial charge on any atom is 0.417 e. The van der Waals surface area contributed by atoms with Gasteiger partial charge in [-0.05, 0) is 32.0 Å². The number of epoxide rings is 1. The van der Waals surface area contributed by atoms with Gasteiger partial charge in [0.15, 0.2) is 12.5 Å². The normalized spacial score (nSPS) is 20.9. The smallest absolute Gasteiger partial charge is 0.371 e. The Morgan fingerprint density at radius 1 is 1.31 bits per heavy atom. The van der Waals surface area contributed by atoms with Crippen LogP contribution in [0.3, 0.4) is 0 Å². The summed E-state index contributed by atoms with van der Waals surface area (Å²) in [6.07, 6.45) is -3.25. The number of halogens is 4. The van der Waals surface area contributed by atoms with Crippen LogP contribution in [0.2, 0.25) is 5.02 Å². The second kappa shape index (κ2) is 7.18. The minimum absolute atomic E-state index is 0.0638. The monoisotopic (exact) mass is 425 g/mol. The molecule has 0 saturated carbocycles. The molecule has 0 radical (unpaired) electrons. The molecule has 0 aliphatic carbocycles. The molecule has 0 N–H and O–H groups in total. The predicted molar refractivity (Wildman–Crippen MR) is 104 cm³/mol. The lowest BCUT2D eigenvalue weighted by Gasteiger charge is -2.31. The minimum Gasteiger partial charge on any atom is -0.371 e. The number of carbonyl (C=O) groups excluding carboxylic acids is 1. The topological polar surface area (TPSA) is 49.0 Å². The van der Waals surface area contributed by atoms with Gasteiger partial charge in [-0.3, -0.25) is 9.78 Å². The summed E-state index contributed by atoms with van der Waals surface area (Å²) in [6, 6.07) is 6.38. The molecule has 0 bridgehead atoms. The summed E-state index contributed by atoms with van der Waals surface area (Å²) in [5, 5.41) is -0.0810. The average Bonchev–Trinajstić information content (AvgIpc) is 3.41. The average molecular weight is 426 g/mol. The molecular weight excluding hydrogens is 407 g/mol. The number of pyridine rings is 1. The van der Waals surface area contributed by atoms with Gasteiger partial charge in [-0.25, -0.2) is 0 Å². The first-order valence-corrected chi connectivity index (χ1v) is 9.57. The van der Waals surface area contributed by atoms with Gasteiger partial charge in [0.1, 0.15) is 0 Å². The molecule has 29 heavy (non-hydrogen) atoms. The molecule has 2 atom stereocenters. The Hall–Kier alpha value is -2.32. The van der Waals surface area contributed by atoms with E-state index in [4.69, 9.17) is 16.3 Å². The first-order valence-electron chi connectivity index (χ1n) is 9.19. The SMILES string of the molecule is CC(C)N1c2ccc(-c3ncc(C(F)(F)F)cc3Cl)cc2N(CC2CO2)C1C=O. The highest BCUT2D eigenvalue weighted by atomic mass is 35.5. The van der Waals surface area contributed by atoms with Crippen molar-refractivity contribution in [3.05, 3.63) is 41.0 Å². The molecule has 2 aliphatic rings. The van der Waals surface area contributed by atoms with Gasteiger partial charge >= 0.3 is 6.18 Å². The van der Waals surface area contributed by atoms with Gasteiger partial charge in [-0.1, -0.05) is 17.7 Å². The molecule has 154 valence electrons. The third-order valence-electron chi connectivity index (χ3n) is 5.09. The van der Waals surface area contributed by atoms with Crippen molar-refractivity contribution >= 4 is 29.3 Å². The van der Waals surface area contributed by atoms with Gasteiger partial charge in [0.05, 0.1) is 40.4 Å². The van der Waals surface area contributed by atoms with Crippen molar-refractivity contribution in [1.82, 2.24) is 4.98 Å². The van der Waals surface area contributed by atoms with E-state index in [9.17, 15) is 18.0 Å². The lowest BCUT2D eigenvalue weighted by atomic mass is 10.1. The number of anilines is 2. The van der Waals surface area contributed by atoms with Gasteiger partial charge in [0.25, 0.3) is 0 Å². The van der Waals surface area contributed by atoms with Crippen LogP contribution in [0.5, 0.6) is 0 Å². The number of benzene rings is 1. The molecule has 0 amide bonds. The predicted octanol–water partition coefficient (Wildman–Crippen LogP) is 4.38. The highest BCUT2D eigenvalue weighted by Crippen LogP contribution is 2.44. The summed E-state index contributed by atoms with van der Waals surface area (Å²) in [7, 11) is 0. The molecular formula is C20H19ClF3N3O2. The van der Waals surface area contributed by atoms with E-state index in [0.29, 0.717) is 18.7 Å². The number of aldehydes is 1. The summed E-state index contributed by atoms with van der Waals surface area (Å²) in [4.78, 5) is 19.8. The van der Waals surface area contributed by atoms with Crippen LogP contribution in [0, 0.1) is 0 Å². The van der Waals surface area contributed by atoms with Gasteiger partial charge < -0.3 is 14.5 Å². The summed E-state index contributed by atoms with van der Waals surface area (Å²) < 4.78 is 44.1. The summed E-state index contributed by atoms with van der Waals surface area (Å²) >= 11 is 6.12. The van der Waals surface area contributed by atoms with E-state index in [1.165, 1.54) is 0 Å². The fourth-order valence-electron chi connectivity index (χ4n) is 3.68. The van der Waals surface area contributed by atoms with E-state index in [1.54, 1.807) is 6.07 Å². The molecule has 1 saturated heterocycles. The molecule has 5 nitrogen and oxygen atoms in total. The Morgan fingerprint density at radius 3 is 2.59 bits per heavy atom. The van der Waals surface area contributed by atoms with Crippen LogP contribution in [0.15, 0.2) is 30.5 Å². The van der Waals surface area contributed by atoms with Crippen LogP contribution in [0.1, 0.15) is 19.4 Å². The van der Waals surface area contributed by atoms with Crippen molar-refractivity contribution in [2.24, 2.45) is 0 Å². The van der Waals surface area contributed by atoms with Crippen LogP contribution in [-0.2, 0) is 15.7 Å². The maximum absolute atomic E-state index is 12.9. The van der Waals surface area contributed by atoms with Crippen molar-refractivity contribution in [3.63, 3.8) is 0 Å². The second-order valence-corrected chi connectivity index (χ2v) is 7.82. The van der Waals surface area contributed by atoms with Gasteiger partial charge in [-0.2, -0.15) is 13.2 Å². The molecule has 2 aliphatic heterocycles. The third kappa shape index (κ3) is 3.67. The fraction of sp³-hybridized carbons (Fsp3) is 0.400. The number of ether oxygens (including phenoxy) is 1. The van der Waals surface area contributed by atoms with Crippen molar-refractivity contribution < 1.29 is 22.7 Å². The van der Waals surface area contributed by atoms with Crippen LogP contribution < -0.4 is 9.80 Å². The summed E-state index contributed by atoms with van der Waals surface area (Å²) in [6.45, 7) is 5.20. The molecule has 3 heterocycles. The number of alkyl halides is 3. The number of rotatable bonds is 5. The number of carbonyl (C=O) groups is 1. The number of hydrogen-bond donors (Lipinski definition) is 0. The second-order valence-electron chi connectivity index (χ2n) is 7.41. The fourth-order valence-corrected chi connectivity index (χ4v) is 3.96. The van der Waals surface area contributed by atoms with Gasteiger partial charge in [0, 0.05) is 24.3 Å². The highest BCUT2D eigenvalue weighted by molar-refractivity contribution is 6.33. The number of aromatic nitrogens is 1. The molecule has 1 fully saturated rings. The molecule has 0 spiro atoms. The lowest BCUT2D eigenvalue weighted by molar-refractivity contribution is -0.137. The molecule has 2 unspecified atom stereocenters. The van der Waals surface area contributed by atoms with E-state index in [1.807, 2.05) is 35.8 Å². The van der Waals surface area contributed by atoms with Gasteiger partial charge in [0.2, 0.25) is 0 Å². The zero-order chi connectivity index (χ0) is 20.9. The van der Waals surface area contributed by atoms with E-state index in [-0.39, 0.29) is 22.9 Å². The summed E-state index contributed by atoms with van der Waals surface area (Å²) in [5.74, 6) is 0.